The minimum Gasteiger partial charge on any atom is -0.396 e. The molecule has 29 heavy (non-hydrogen) atoms. The molecule has 0 spiro atoms. The summed E-state index contributed by atoms with van der Waals surface area (Å²) in [7, 11) is 0. The van der Waals surface area contributed by atoms with Crippen LogP contribution in [0.5, 0.6) is 0 Å². The predicted octanol–water partition coefficient (Wildman–Crippen LogP) is 4.74. The monoisotopic (exact) mass is 411 g/mol. The number of benzene rings is 2. The molecule has 2 aliphatic heterocycles. The Labute approximate surface area is 165 Å². The molecule has 2 fully saturated rings. The molecule has 156 valence electrons. The van der Waals surface area contributed by atoms with Crippen LogP contribution in [-0.2, 0) is 9.47 Å². The van der Waals surface area contributed by atoms with Crippen molar-refractivity contribution in [1.82, 2.24) is 4.90 Å². The van der Waals surface area contributed by atoms with E-state index >= 15 is 0 Å². The molecule has 2 aromatic carbocycles. The lowest BCUT2D eigenvalue weighted by molar-refractivity contribution is -0.0625. The van der Waals surface area contributed by atoms with Crippen LogP contribution in [0.1, 0.15) is 54.0 Å². The van der Waals surface area contributed by atoms with Crippen LogP contribution in [0.4, 0.5) is 17.6 Å². The lowest BCUT2D eigenvalue weighted by Crippen LogP contribution is -2.45. The topological polar surface area (TPSA) is 41.9 Å². The Kier molecular flexibility index (Phi) is 5.61. The van der Waals surface area contributed by atoms with Crippen molar-refractivity contribution in [1.29, 1.82) is 0 Å². The van der Waals surface area contributed by atoms with Gasteiger partial charge in [-0.3, -0.25) is 0 Å². The fraction of sp³-hybridized carbons (Fsp3) is 0.429. The normalized spacial score (nSPS) is 27.1. The maximum Gasteiger partial charge on any atom is 0.263 e. The number of alkyl halides is 4. The summed E-state index contributed by atoms with van der Waals surface area (Å²) in [5, 5.41) is 9.58. The molecule has 0 radical (unpaired) electrons. The van der Waals surface area contributed by atoms with E-state index < -0.39 is 30.8 Å². The van der Waals surface area contributed by atoms with Gasteiger partial charge in [0.2, 0.25) is 0 Å². The van der Waals surface area contributed by atoms with Crippen molar-refractivity contribution in [2.24, 2.45) is 0 Å². The molecular formula is C21H21F4NO3. The average Bonchev–Trinajstić information content (AvgIpc) is 3.25. The maximum atomic E-state index is 13.2. The van der Waals surface area contributed by atoms with Gasteiger partial charge < -0.3 is 14.6 Å². The first kappa shape index (κ1) is 20.3. The van der Waals surface area contributed by atoms with Crippen LogP contribution in [0.25, 0.3) is 0 Å². The predicted molar refractivity (Wildman–Crippen MR) is 96.5 cm³/mol. The van der Waals surface area contributed by atoms with Gasteiger partial charge in [-0.1, -0.05) is 36.4 Å². The van der Waals surface area contributed by atoms with E-state index in [0.717, 1.165) is 0 Å². The van der Waals surface area contributed by atoms with Gasteiger partial charge >= 0.3 is 0 Å². The van der Waals surface area contributed by atoms with Gasteiger partial charge in [0, 0.05) is 17.7 Å². The van der Waals surface area contributed by atoms with E-state index in [1.165, 1.54) is 36.4 Å². The first-order valence-electron chi connectivity index (χ1n) is 9.34. The number of ether oxygens (including phenoxy) is 2. The number of aliphatic hydroxyl groups is 1. The molecule has 2 aliphatic rings. The maximum absolute atomic E-state index is 13.2. The number of hydrogen-bond donors (Lipinski definition) is 1. The molecule has 2 heterocycles. The fourth-order valence-electron chi connectivity index (χ4n) is 4.13. The summed E-state index contributed by atoms with van der Waals surface area (Å²) >= 11 is 0. The van der Waals surface area contributed by atoms with Crippen molar-refractivity contribution >= 4 is 0 Å². The van der Waals surface area contributed by atoms with Gasteiger partial charge in [0.25, 0.3) is 12.9 Å². The van der Waals surface area contributed by atoms with Gasteiger partial charge in [-0.25, -0.2) is 22.5 Å². The first-order chi connectivity index (χ1) is 13.9. The highest BCUT2D eigenvalue weighted by Crippen LogP contribution is 2.50. The van der Waals surface area contributed by atoms with Crippen LogP contribution >= 0.6 is 0 Å². The van der Waals surface area contributed by atoms with Crippen LogP contribution < -0.4 is 0 Å². The van der Waals surface area contributed by atoms with E-state index in [2.05, 4.69) is 0 Å². The summed E-state index contributed by atoms with van der Waals surface area (Å²) in [5.41, 5.74) is 0.154. The molecule has 0 aromatic heterocycles. The van der Waals surface area contributed by atoms with Crippen molar-refractivity contribution in [2.45, 2.75) is 37.3 Å². The summed E-state index contributed by atoms with van der Waals surface area (Å²) in [6.45, 7) is 0.362. The quantitative estimate of drug-likeness (QED) is 0.697. The summed E-state index contributed by atoms with van der Waals surface area (Å²) in [4.78, 5) is 1.87. The summed E-state index contributed by atoms with van der Waals surface area (Å²) in [5.74, 6) is 0. The molecule has 0 unspecified atom stereocenters. The second-order valence-corrected chi connectivity index (χ2v) is 7.37. The van der Waals surface area contributed by atoms with Gasteiger partial charge in [-0.15, -0.1) is 0 Å². The molecule has 8 heteroatoms. The summed E-state index contributed by atoms with van der Waals surface area (Å²) < 4.78 is 64.6. The van der Waals surface area contributed by atoms with E-state index in [1.807, 2.05) is 4.90 Å². The lowest BCUT2D eigenvalue weighted by atomic mass is 9.95. The molecule has 0 amide bonds. The van der Waals surface area contributed by atoms with E-state index in [4.69, 9.17) is 9.47 Å². The number of fused-ring (bicyclic) bond motifs is 1. The Morgan fingerprint density at radius 3 is 1.79 bits per heavy atom. The van der Waals surface area contributed by atoms with Crippen LogP contribution in [-0.4, -0.2) is 35.4 Å². The highest BCUT2D eigenvalue weighted by molar-refractivity contribution is 5.31. The van der Waals surface area contributed by atoms with Gasteiger partial charge in [0.05, 0.1) is 18.8 Å². The van der Waals surface area contributed by atoms with Crippen molar-refractivity contribution in [2.75, 3.05) is 19.8 Å². The Morgan fingerprint density at radius 1 is 0.897 bits per heavy atom. The van der Waals surface area contributed by atoms with E-state index in [9.17, 15) is 22.7 Å². The second-order valence-electron chi connectivity index (χ2n) is 7.37. The number of aliphatic hydroxyl groups excluding tert-OH is 1. The van der Waals surface area contributed by atoms with Crippen molar-refractivity contribution < 1.29 is 32.1 Å². The van der Waals surface area contributed by atoms with Crippen molar-refractivity contribution in [3.8, 4) is 0 Å². The standard InChI is InChI=1S/C21H21F4NO3/c22-17(23)13-3-1-5-15(9-13)19-26-20(16-6-2-4-14(10-16)18(24)25)29-12-21(26,7-8-27)11-28-19/h1-6,9-10,17-20,27H,7-8,11-12H2/t19-,20+,21-. The second kappa shape index (κ2) is 8.02. The third kappa shape index (κ3) is 3.66. The summed E-state index contributed by atoms with van der Waals surface area (Å²) in [6, 6.07) is 11.9. The fourth-order valence-corrected chi connectivity index (χ4v) is 4.13. The lowest BCUT2D eigenvalue weighted by Gasteiger charge is -2.34. The van der Waals surface area contributed by atoms with Crippen LogP contribution in [0.2, 0.25) is 0 Å². The number of nitrogens with zero attached hydrogens (tertiary/aromatic N) is 1. The van der Waals surface area contributed by atoms with Gasteiger partial charge in [0.1, 0.15) is 12.5 Å². The van der Waals surface area contributed by atoms with E-state index in [0.29, 0.717) is 17.5 Å². The van der Waals surface area contributed by atoms with Gasteiger partial charge in [-0.05, 0) is 29.7 Å². The Balaban J connectivity index is 1.73. The third-order valence-corrected chi connectivity index (χ3v) is 5.55. The molecule has 3 atom stereocenters. The molecule has 2 saturated heterocycles. The zero-order chi connectivity index (χ0) is 20.6. The molecule has 0 aliphatic carbocycles. The van der Waals surface area contributed by atoms with Crippen LogP contribution in [0.15, 0.2) is 48.5 Å². The molecular weight excluding hydrogens is 390 g/mol. The van der Waals surface area contributed by atoms with Crippen LogP contribution in [0, 0.1) is 0 Å². The Morgan fingerprint density at radius 2 is 1.38 bits per heavy atom. The molecule has 0 bridgehead atoms. The molecule has 4 nitrogen and oxygen atoms in total. The molecule has 0 saturated carbocycles. The zero-order valence-corrected chi connectivity index (χ0v) is 15.5. The SMILES string of the molecule is OCC[C@]12CO[C@H](c3cccc(C(F)F)c3)N1[C@H](c1cccc(C(F)F)c1)OC2. The smallest absolute Gasteiger partial charge is 0.263 e. The molecule has 4 rings (SSSR count). The molecule has 2 aromatic rings. The number of hydrogen-bond acceptors (Lipinski definition) is 4. The Bertz CT molecular complexity index is 800. The zero-order valence-electron chi connectivity index (χ0n) is 15.5. The Hall–Kier alpha value is -2.00. The number of rotatable bonds is 6. The summed E-state index contributed by atoms with van der Waals surface area (Å²) in [6.07, 6.45) is -6.27. The first-order valence-corrected chi connectivity index (χ1v) is 9.34. The third-order valence-electron chi connectivity index (χ3n) is 5.55. The minimum atomic E-state index is -2.62. The highest BCUT2D eigenvalue weighted by Gasteiger charge is 2.56. The minimum absolute atomic E-state index is 0.114. The van der Waals surface area contributed by atoms with Gasteiger partial charge in [0.15, 0.2) is 0 Å². The number of halogens is 4. The van der Waals surface area contributed by atoms with Crippen molar-refractivity contribution in [3.63, 3.8) is 0 Å². The highest BCUT2D eigenvalue weighted by atomic mass is 19.3. The largest absolute Gasteiger partial charge is 0.396 e. The molecule has 1 N–H and O–H groups in total. The van der Waals surface area contributed by atoms with E-state index in [-0.39, 0.29) is 30.9 Å². The van der Waals surface area contributed by atoms with E-state index in [1.54, 1.807) is 12.1 Å². The average molecular weight is 411 g/mol. The van der Waals surface area contributed by atoms with Gasteiger partial charge in [-0.2, -0.15) is 0 Å². The van der Waals surface area contributed by atoms with Crippen LogP contribution in [0.3, 0.4) is 0 Å². The van der Waals surface area contributed by atoms with Crippen molar-refractivity contribution in [3.05, 3.63) is 70.8 Å².